The predicted molar refractivity (Wildman–Crippen MR) is 91.6 cm³/mol. The Morgan fingerprint density at radius 3 is 2.68 bits per heavy atom. The van der Waals surface area contributed by atoms with E-state index in [9.17, 15) is 14.4 Å². The summed E-state index contributed by atoms with van der Waals surface area (Å²) in [6, 6.07) is 14.8. The van der Waals surface area contributed by atoms with Gasteiger partial charge in [0, 0.05) is 17.1 Å². The van der Waals surface area contributed by atoms with Crippen LogP contribution in [0, 0.1) is 0 Å². The Bertz CT molecular complexity index is 1010. The Kier molecular flexibility index (Phi) is 4.47. The molecule has 3 N–H and O–H groups in total. The second kappa shape index (κ2) is 6.88. The van der Waals surface area contributed by atoms with Gasteiger partial charge in [0.2, 0.25) is 0 Å². The maximum absolute atomic E-state index is 12.4. The molecule has 0 aliphatic carbocycles. The molecule has 25 heavy (non-hydrogen) atoms. The van der Waals surface area contributed by atoms with Crippen LogP contribution >= 0.6 is 0 Å². The predicted octanol–water partition coefficient (Wildman–Crippen LogP) is 1.91. The van der Waals surface area contributed by atoms with E-state index in [-0.39, 0.29) is 12.2 Å². The van der Waals surface area contributed by atoms with Gasteiger partial charge in [-0.3, -0.25) is 9.59 Å². The molecular weight excluding hydrogens is 324 g/mol. The molecule has 0 bridgehead atoms. The topological polar surface area (TPSA) is 112 Å². The summed E-state index contributed by atoms with van der Waals surface area (Å²) in [6.07, 6.45) is 0. The average Bonchev–Trinajstić information content (AvgIpc) is 2.59. The monoisotopic (exact) mass is 338 g/mol. The first-order valence-corrected chi connectivity index (χ1v) is 7.38. The number of nitrogens with two attached hydrogens (primary N) is 1. The number of amides is 2. The summed E-state index contributed by atoms with van der Waals surface area (Å²) in [5.74, 6) is -0.850. The molecule has 0 aliphatic rings. The molecule has 2 amide bonds. The van der Waals surface area contributed by atoms with Gasteiger partial charge in [0.05, 0.1) is 0 Å². The van der Waals surface area contributed by atoms with E-state index in [4.69, 9.17) is 14.9 Å². The van der Waals surface area contributed by atoms with Crippen LogP contribution in [0.1, 0.15) is 10.4 Å². The van der Waals surface area contributed by atoms with Crippen molar-refractivity contribution in [3.8, 4) is 5.75 Å². The Balaban J connectivity index is 1.83. The number of hydrogen-bond donors (Lipinski definition) is 2. The number of nitrogens with one attached hydrogen (secondary N) is 1. The molecule has 0 saturated heterocycles. The van der Waals surface area contributed by atoms with Crippen LogP contribution in [0.15, 0.2) is 63.8 Å². The zero-order chi connectivity index (χ0) is 17.8. The fourth-order valence-electron chi connectivity index (χ4n) is 2.24. The number of para-hydroxylation sites is 1. The van der Waals surface area contributed by atoms with E-state index in [1.165, 1.54) is 12.1 Å². The number of anilines is 1. The van der Waals surface area contributed by atoms with Crippen molar-refractivity contribution in [3.05, 3.63) is 70.6 Å². The van der Waals surface area contributed by atoms with Crippen molar-refractivity contribution in [2.24, 2.45) is 5.73 Å². The smallest absolute Gasteiger partial charge is 0.349 e. The lowest BCUT2D eigenvalue weighted by Crippen LogP contribution is -2.21. The number of benzene rings is 2. The fourth-order valence-corrected chi connectivity index (χ4v) is 2.24. The van der Waals surface area contributed by atoms with Crippen LogP contribution in [0.3, 0.4) is 0 Å². The van der Waals surface area contributed by atoms with Crippen LogP contribution in [0.25, 0.3) is 11.0 Å². The largest absolute Gasteiger partial charge is 0.484 e. The second-order valence-corrected chi connectivity index (χ2v) is 5.22. The number of carbonyl (C=O) groups is 2. The van der Waals surface area contributed by atoms with Crippen LogP contribution < -0.4 is 21.4 Å². The average molecular weight is 338 g/mol. The van der Waals surface area contributed by atoms with E-state index in [1.807, 2.05) is 0 Å². The van der Waals surface area contributed by atoms with Crippen LogP contribution in [-0.2, 0) is 4.79 Å². The third-order valence-corrected chi connectivity index (χ3v) is 3.36. The quantitative estimate of drug-likeness (QED) is 0.690. The molecule has 0 saturated carbocycles. The molecule has 0 fully saturated rings. The molecule has 1 aromatic heterocycles. The number of carbonyl (C=O) groups excluding carboxylic acids is 2. The van der Waals surface area contributed by atoms with Crippen LogP contribution in [0.5, 0.6) is 5.75 Å². The van der Waals surface area contributed by atoms with E-state index >= 15 is 0 Å². The minimum atomic E-state index is -0.725. The molecule has 7 heteroatoms. The van der Waals surface area contributed by atoms with Crippen LogP contribution in [0.2, 0.25) is 0 Å². The minimum Gasteiger partial charge on any atom is -0.484 e. The van der Waals surface area contributed by atoms with Crippen LogP contribution in [0.4, 0.5) is 5.69 Å². The lowest BCUT2D eigenvalue weighted by atomic mass is 10.1. The van der Waals surface area contributed by atoms with Gasteiger partial charge < -0.3 is 20.2 Å². The molecule has 3 aromatic rings. The highest BCUT2D eigenvalue weighted by Crippen LogP contribution is 2.18. The number of fused-ring (bicyclic) bond motifs is 1. The first-order valence-electron chi connectivity index (χ1n) is 7.38. The lowest BCUT2D eigenvalue weighted by Gasteiger charge is -2.08. The Morgan fingerprint density at radius 1 is 1.08 bits per heavy atom. The van der Waals surface area contributed by atoms with Crippen molar-refractivity contribution in [1.82, 2.24) is 0 Å². The third-order valence-electron chi connectivity index (χ3n) is 3.36. The van der Waals surface area contributed by atoms with Gasteiger partial charge in [-0.2, -0.15) is 0 Å². The second-order valence-electron chi connectivity index (χ2n) is 5.22. The summed E-state index contributed by atoms with van der Waals surface area (Å²) >= 11 is 0. The summed E-state index contributed by atoms with van der Waals surface area (Å²) in [5, 5.41) is 3.24. The van der Waals surface area contributed by atoms with Crippen molar-refractivity contribution in [1.29, 1.82) is 0 Å². The minimum absolute atomic E-state index is 0.109. The van der Waals surface area contributed by atoms with Gasteiger partial charge in [-0.25, -0.2) is 4.79 Å². The first kappa shape index (κ1) is 16.3. The standard InChI is InChI=1S/C18H14N2O5/c19-16(21)10-24-13-6-3-5-12(9-13)20-17(22)14-8-11-4-1-2-7-15(11)25-18(14)23/h1-9H,10H2,(H2,19,21)(H,20,22). The zero-order valence-electron chi connectivity index (χ0n) is 13.0. The van der Waals surface area contributed by atoms with Crippen molar-refractivity contribution >= 4 is 28.5 Å². The fraction of sp³-hybridized carbons (Fsp3) is 0.0556. The molecule has 7 nitrogen and oxygen atoms in total. The molecule has 0 atom stereocenters. The highest BCUT2D eigenvalue weighted by atomic mass is 16.5. The Labute approximate surface area is 142 Å². The van der Waals surface area contributed by atoms with Gasteiger partial charge in [0.15, 0.2) is 6.61 Å². The SMILES string of the molecule is NC(=O)COc1cccc(NC(=O)c2cc3ccccc3oc2=O)c1. The maximum atomic E-state index is 12.4. The van der Waals surface area contributed by atoms with Gasteiger partial charge in [-0.1, -0.05) is 24.3 Å². The molecule has 0 aliphatic heterocycles. The first-order chi connectivity index (χ1) is 12.0. The molecule has 0 spiro atoms. The van der Waals surface area contributed by atoms with Gasteiger partial charge in [-0.05, 0) is 24.3 Å². The molecule has 2 aromatic carbocycles. The van der Waals surface area contributed by atoms with E-state index in [0.29, 0.717) is 22.4 Å². The normalized spacial score (nSPS) is 10.4. The molecule has 1 heterocycles. The summed E-state index contributed by atoms with van der Waals surface area (Å²) in [6.45, 7) is -0.272. The van der Waals surface area contributed by atoms with Gasteiger partial charge >= 0.3 is 5.63 Å². The molecule has 126 valence electrons. The number of primary amides is 1. The number of hydrogen-bond acceptors (Lipinski definition) is 5. The van der Waals surface area contributed by atoms with E-state index in [1.54, 1.807) is 42.5 Å². The maximum Gasteiger partial charge on any atom is 0.349 e. The molecule has 3 rings (SSSR count). The summed E-state index contributed by atoms with van der Waals surface area (Å²) in [5.41, 5.74) is 5.00. The van der Waals surface area contributed by atoms with Gasteiger partial charge in [0.25, 0.3) is 11.8 Å². The number of ether oxygens (including phenoxy) is 1. The Hall–Kier alpha value is -3.61. The summed E-state index contributed by atoms with van der Waals surface area (Å²) < 4.78 is 10.3. The molecule has 0 unspecified atom stereocenters. The highest BCUT2D eigenvalue weighted by Gasteiger charge is 2.14. The van der Waals surface area contributed by atoms with E-state index < -0.39 is 17.4 Å². The lowest BCUT2D eigenvalue weighted by molar-refractivity contribution is -0.119. The molecular formula is C18H14N2O5. The van der Waals surface area contributed by atoms with Crippen molar-refractivity contribution in [2.75, 3.05) is 11.9 Å². The van der Waals surface area contributed by atoms with Crippen LogP contribution in [-0.4, -0.2) is 18.4 Å². The molecule has 0 radical (unpaired) electrons. The highest BCUT2D eigenvalue weighted by molar-refractivity contribution is 6.05. The van der Waals surface area contributed by atoms with Crippen molar-refractivity contribution in [2.45, 2.75) is 0 Å². The zero-order valence-corrected chi connectivity index (χ0v) is 13.0. The van der Waals surface area contributed by atoms with Crippen molar-refractivity contribution < 1.29 is 18.7 Å². The number of rotatable bonds is 5. The Morgan fingerprint density at radius 2 is 1.88 bits per heavy atom. The summed E-state index contributed by atoms with van der Waals surface area (Å²) in [4.78, 5) is 35.1. The van der Waals surface area contributed by atoms with Crippen molar-refractivity contribution in [3.63, 3.8) is 0 Å². The third kappa shape index (κ3) is 3.84. The summed E-state index contributed by atoms with van der Waals surface area (Å²) in [7, 11) is 0. The van der Waals surface area contributed by atoms with E-state index in [0.717, 1.165) is 0 Å². The van der Waals surface area contributed by atoms with Gasteiger partial charge in [0.1, 0.15) is 16.9 Å². The van der Waals surface area contributed by atoms with E-state index in [2.05, 4.69) is 5.32 Å². The van der Waals surface area contributed by atoms with Gasteiger partial charge in [-0.15, -0.1) is 0 Å².